The van der Waals surface area contributed by atoms with Gasteiger partial charge in [-0.15, -0.1) is 0 Å². The molecule has 0 amide bonds. The van der Waals surface area contributed by atoms with E-state index in [1.807, 2.05) is 0 Å². The number of hydrogen-bond donors (Lipinski definition) is 0. The van der Waals surface area contributed by atoms with Gasteiger partial charge in [0.25, 0.3) is 0 Å². The van der Waals surface area contributed by atoms with Gasteiger partial charge in [0, 0.05) is 9.49 Å². The van der Waals surface area contributed by atoms with Crippen LogP contribution in [0.3, 0.4) is 0 Å². The first kappa shape index (κ1) is 15.3. The average Bonchev–Trinajstić information content (AvgIpc) is 2.88. The van der Waals surface area contributed by atoms with Gasteiger partial charge in [-0.05, 0) is 83.7 Å². The number of benzene rings is 1. The fourth-order valence-corrected chi connectivity index (χ4v) is 4.88. The fraction of sp³-hybridized carbons (Fsp3) is 0.611. The summed E-state index contributed by atoms with van der Waals surface area (Å²) >= 11 is 2.38. The van der Waals surface area contributed by atoms with Crippen LogP contribution < -0.4 is 0 Å². The highest BCUT2D eigenvalue weighted by Crippen LogP contribution is 2.52. The van der Waals surface area contributed by atoms with Crippen LogP contribution in [0.1, 0.15) is 50.5 Å². The number of oxime groups is 1. The van der Waals surface area contributed by atoms with Gasteiger partial charge in [0.15, 0.2) is 0 Å². The molecule has 2 aliphatic rings. The Bertz CT molecular complexity index is 510. The van der Waals surface area contributed by atoms with E-state index in [4.69, 9.17) is 4.84 Å². The van der Waals surface area contributed by atoms with Crippen molar-refractivity contribution < 1.29 is 4.84 Å². The number of fused-ring (bicyclic) bond motifs is 2. The van der Waals surface area contributed by atoms with Gasteiger partial charge in [0.2, 0.25) is 0 Å². The lowest BCUT2D eigenvalue weighted by molar-refractivity contribution is 0.200. The first-order valence-corrected chi connectivity index (χ1v) is 9.16. The van der Waals surface area contributed by atoms with Crippen LogP contribution in [0.5, 0.6) is 0 Å². The van der Waals surface area contributed by atoms with E-state index in [-0.39, 0.29) is 0 Å². The molecule has 1 aromatic rings. The first-order chi connectivity index (χ1) is 10.2. The van der Waals surface area contributed by atoms with Gasteiger partial charge in [0.05, 0.1) is 5.71 Å². The van der Waals surface area contributed by atoms with Crippen LogP contribution in [-0.4, -0.2) is 12.8 Å². The zero-order valence-corrected chi connectivity index (χ0v) is 15.0. The molecule has 2 saturated carbocycles. The predicted molar refractivity (Wildman–Crippen MR) is 95.6 cm³/mol. The third-order valence-corrected chi connectivity index (χ3v) is 6.08. The standard InChI is InChI=1S/C18H24INO/c1-3-17(20-21-2)18-14-5-4-12(10-14)11-16(18)13-6-8-15(19)9-7-13/h6-9,12,14,16,18H,3-5,10-11H2,1-2H3/t12?,14-,16-,18+/m0/s1. The fourth-order valence-electron chi connectivity index (χ4n) is 4.52. The molecule has 0 N–H and O–H groups in total. The van der Waals surface area contributed by atoms with Crippen LogP contribution in [-0.2, 0) is 4.84 Å². The highest BCUT2D eigenvalue weighted by Gasteiger charge is 2.44. The van der Waals surface area contributed by atoms with Crippen molar-refractivity contribution in [3.05, 3.63) is 33.4 Å². The van der Waals surface area contributed by atoms with Crippen LogP contribution >= 0.6 is 22.6 Å². The van der Waals surface area contributed by atoms with E-state index in [1.54, 1.807) is 7.11 Å². The Hall–Kier alpha value is -0.580. The van der Waals surface area contributed by atoms with Crippen molar-refractivity contribution in [2.24, 2.45) is 22.9 Å². The molecule has 2 nitrogen and oxygen atoms in total. The van der Waals surface area contributed by atoms with Gasteiger partial charge in [-0.25, -0.2) is 0 Å². The second-order valence-electron chi connectivity index (χ2n) is 6.48. The summed E-state index contributed by atoms with van der Waals surface area (Å²) in [5, 5.41) is 4.39. The van der Waals surface area contributed by atoms with E-state index >= 15 is 0 Å². The second-order valence-corrected chi connectivity index (χ2v) is 7.72. The van der Waals surface area contributed by atoms with Crippen molar-refractivity contribution >= 4 is 28.3 Å². The van der Waals surface area contributed by atoms with E-state index in [0.717, 1.165) is 18.3 Å². The first-order valence-electron chi connectivity index (χ1n) is 8.08. The molecule has 0 aromatic heterocycles. The largest absolute Gasteiger partial charge is 0.399 e. The third-order valence-electron chi connectivity index (χ3n) is 5.36. The summed E-state index contributed by atoms with van der Waals surface area (Å²) in [4.78, 5) is 5.14. The molecule has 3 rings (SSSR count). The molecule has 0 radical (unpaired) electrons. The van der Waals surface area contributed by atoms with Crippen molar-refractivity contribution in [1.82, 2.24) is 0 Å². The summed E-state index contributed by atoms with van der Waals surface area (Å²) in [5.74, 6) is 2.94. The van der Waals surface area contributed by atoms with Crippen LogP contribution in [0.15, 0.2) is 29.4 Å². The van der Waals surface area contributed by atoms with Crippen molar-refractivity contribution in [3.8, 4) is 0 Å². The number of rotatable bonds is 4. The Morgan fingerprint density at radius 2 is 2.00 bits per heavy atom. The molecule has 3 heteroatoms. The summed E-state index contributed by atoms with van der Waals surface area (Å²) in [7, 11) is 1.68. The van der Waals surface area contributed by atoms with E-state index in [0.29, 0.717) is 11.8 Å². The summed E-state index contributed by atoms with van der Waals surface area (Å²) in [6.07, 6.45) is 6.50. The zero-order chi connectivity index (χ0) is 14.8. The molecule has 0 spiro atoms. The third kappa shape index (κ3) is 3.13. The van der Waals surface area contributed by atoms with Crippen LogP contribution in [0.2, 0.25) is 0 Å². The molecule has 1 aromatic carbocycles. The Morgan fingerprint density at radius 1 is 1.24 bits per heavy atom. The van der Waals surface area contributed by atoms with E-state index in [9.17, 15) is 0 Å². The van der Waals surface area contributed by atoms with E-state index < -0.39 is 0 Å². The molecule has 2 fully saturated rings. The molecule has 114 valence electrons. The van der Waals surface area contributed by atoms with Crippen LogP contribution in [0.25, 0.3) is 0 Å². The summed E-state index contributed by atoms with van der Waals surface area (Å²) in [5.41, 5.74) is 2.76. The van der Waals surface area contributed by atoms with E-state index in [2.05, 4.69) is 58.9 Å². The van der Waals surface area contributed by atoms with Gasteiger partial charge < -0.3 is 4.84 Å². The maximum atomic E-state index is 5.14. The lowest BCUT2D eigenvalue weighted by Gasteiger charge is -2.37. The number of nitrogens with zero attached hydrogens (tertiary/aromatic N) is 1. The highest BCUT2D eigenvalue weighted by molar-refractivity contribution is 14.1. The molecule has 0 saturated heterocycles. The zero-order valence-electron chi connectivity index (χ0n) is 12.9. The minimum atomic E-state index is 0.578. The molecule has 2 aliphatic carbocycles. The Morgan fingerprint density at radius 3 is 2.67 bits per heavy atom. The van der Waals surface area contributed by atoms with E-state index in [1.165, 1.54) is 40.5 Å². The summed E-state index contributed by atoms with van der Waals surface area (Å²) in [6.45, 7) is 2.21. The predicted octanol–water partition coefficient (Wildman–Crippen LogP) is 5.22. The number of hydrogen-bond acceptors (Lipinski definition) is 2. The molecule has 0 heterocycles. The van der Waals surface area contributed by atoms with Gasteiger partial charge in [-0.1, -0.05) is 30.6 Å². The lowest BCUT2D eigenvalue weighted by Crippen LogP contribution is -2.32. The average molecular weight is 397 g/mol. The maximum Gasteiger partial charge on any atom is 0.106 e. The van der Waals surface area contributed by atoms with Gasteiger partial charge in [-0.2, -0.15) is 0 Å². The molecule has 0 aliphatic heterocycles. The molecule has 2 bridgehead atoms. The summed E-state index contributed by atoms with van der Waals surface area (Å²) < 4.78 is 1.31. The smallest absolute Gasteiger partial charge is 0.106 e. The van der Waals surface area contributed by atoms with Gasteiger partial charge in [0.1, 0.15) is 7.11 Å². The van der Waals surface area contributed by atoms with Crippen molar-refractivity contribution in [2.75, 3.05) is 7.11 Å². The lowest BCUT2D eigenvalue weighted by atomic mass is 9.67. The topological polar surface area (TPSA) is 21.6 Å². The Labute approximate surface area is 141 Å². The molecule has 21 heavy (non-hydrogen) atoms. The number of halogens is 1. The van der Waals surface area contributed by atoms with Crippen molar-refractivity contribution in [1.29, 1.82) is 0 Å². The monoisotopic (exact) mass is 397 g/mol. The highest BCUT2D eigenvalue weighted by atomic mass is 127. The van der Waals surface area contributed by atoms with Gasteiger partial charge >= 0.3 is 0 Å². The Kier molecular flexibility index (Phi) is 4.87. The van der Waals surface area contributed by atoms with Crippen LogP contribution in [0.4, 0.5) is 0 Å². The minimum Gasteiger partial charge on any atom is -0.399 e. The summed E-state index contributed by atoms with van der Waals surface area (Å²) in [6, 6.07) is 9.12. The quantitative estimate of drug-likeness (QED) is 0.388. The SMILES string of the molecule is CCC(=NOC)[C@@H]1[C@H]2CCC(C2)C[C@H]1c1ccc(I)cc1. The molecule has 4 atom stereocenters. The normalized spacial score (nSPS) is 32.2. The maximum absolute atomic E-state index is 5.14. The minimum absolute atomic E-state index is 0.578. The molecular formula is C18H24INO. The van der Waals surface area contributed by atoms with Crippen molar-refractivity contribution in [2.45, 2.75) is 44.9 Å². The second kappa shape index (κ2) is 6.67. The van der Waals surface area contributed by atoms with Crippen molar-refractivity contribution in [3.63, 3.8) is 0 Å². The Balaban J connectivity index is 1.95. The molecule has 1 unspecified atom stereocenters. The van der Waals surface area contributed by atoms with Crippen LogP contribution in [0, 0.1) is 21.3 Å². The van der Waals surface area contributed by atoms with Gasteiger partial charge in [-0.3, -0.25) is 0 Å². The molecular weight excluding hydrogens is 373 g/mol.